The second-order valence-corrected chi connectivity index (χ2v) is 5.02. The highest BCUT2D eigenvalue weighted by molar-refractivity contribution is 5.73. The summed E-state index contributed by atoms with van der Waals surface area (Å²) < 4.78 is 0. The van der Waals surface area contributed by atoms with E-state index in [2.05, 4.69) is 5.32 Å². The Labute approximate surface area is 86.5 Å². The molecule has 0 aromatic rings. The van der Waals surface area contributed by atoms with Crippen molar-refractivity contribution in [3.05, 3.63) is 0 Å². The molecular weight excluding hydrogens is 174 g/mol. The number of fused-ring (bicyclic) bond motifs is 1. The highest BCUT2D eigenvalue weighted by Crippen LogP contribution is 2.40. The lowest BCUT2D eigenvalue weighted by molar-refractivity contribution is -0.120. The first-order valence-electron chi connectivity index (χ1n) is 6.03. The summed E-state index contributed by atoms with van der Waals surface area (Å²) in [5, 5.41) is 3.08. The molecule has 2 heteroatoms. The molecule has 3 atom stereocenters. The predicted octanol–water partition coefficient (Wildman–Crippen LogP) is 2.48. The molecule has 0 saturated heterocycles. The van der Waals surface area contributed by atoms with Crippen molar-refractivity contribution in [1.82, 2.24) is 5.32 Å². The molecule has 14 heavy (non-hydrogen) atoms. The minimum atomic E-state index is 0.143. The average molecular weight is 195 g/mol. The highest BCUT2D eigenvalue weighted by Gasteiger charge is 2.32. The molecule has 0 aromatic heterocycles. The first-order valence-corrected chi connectivity index (χ1v) is 6.03. The van der Waals surface area contributed by atoms with E-state index in [9.17, 15) is 4.79 Å². The molecule has 2 rings (SSSR count). The molecule has 0 heterocycles. The van der Waals surface area contributed by atoms with E-state index in [1.54, 1.807) is 6.92 Å². The van der Waals surface area contributed by atoms with Gasteiger partial charge < -0.3 is 5.32 Å². The second-order valence-electron chi connectivity index (χ2n) is 5.02. The van der Waals surface area contributed by atoms with Crippen molar-refractivity contribution in [3.8, 4) is 0 Å². The first-order chi connectivity index (χ1) is 6.75. The zero-order valence-corrected chi connectivity index (χ0v) is 9.09. The summed E-state index contributed by atoms with van der Waals surface area (Å²) in [6.07, 6.45) is 9.48. The van der Waals surface area contributed by atoms with E-state index in [1.165, 1.54) is 44.9 Å². The first kappa shape index (κ1) is 10.0. The van der Waals surface area contributed by atoms with Crippen molar-refractivity contribution in [2.75, 3.05) is 0 Å². The standard InChI is InChI=1S/C12H21NO/c1-9(14)13-12-7-6-10-4-2-3-5-11(10)8-12/h10-12H,2-8H2,1H3,(H,13,14). The largest absolute Gasteiger partial charge is 0.354 e. The smallest absolute Gasteiger partial charge is 0.217 e. The molecule has 2 fully saturated rings. The summed E-state index contributed by atoms with van der Waals surface area (Å²) in [6, 6.07) is 0.479. The number of hydrogen-bond acceptors (Lipinski definition) is 1. The number of rotatable bonds is 1. The van der Waals surface area contributed by atoms with Gasteiger partial charge in [0.1, 0.15) is 0 Å². The molecule has 3 unspecified atom stereocenters. The summed E-state index contributed by atoms with van der Waals surface area (Å²) in [5.41, 5.74) is 0. The Morgan fingerprint density at radius 2 is 1.79 bits per heavy atom. The van der Waals surface area contributed by atoms with Crippen LogP contribution in [0, 0.1) is 11.8 Å². The number of hydrogen-bond donors (Lipinski definition) is 1. The lowest BCUT2D eigenvalue weighted by Gasteiger charge is -2.39. The van der Waals surface area contributed by atoms with Crippen molar-refractivity contribution in [3.63, 3.8) is 0 Å². The molecule has 0 spiro atoms. The Kier molecular flexibility index (Phi) is 3.09. The van der Waals surface area contributed by atoms with Crippen LogP contribution in [0.1, 0.15) is 51.9 Å². The third-order valence-electron chi connectivity index (χ3n) is 3.95. The maximum atomic E-state index is 11.0. The second kappa shape index (κ2) is 4.33. The van der Waals surface area contributed by atoms with Gasteiger partial charge in [-0.25, -0.2) is 0 Å². The van der Waals surface area contributed by atoms with Gasteiger partial charge in [0.15, 0.2) is 0 Å². The average Bonchev–Trinajstić information content (AvgIpc) is 2.17. The van der Waals surface area contributed by atoms with E-state index >= 15 is 0 Å². The van der Waals surface area contributed by atoms with Crippen LogP contribution in [0.15, 0.2) is 0 Å². The van der Waals surface area contributed by atoms with Crippen molar-refractivity contribution >= 4 is 5.91 Å². The minimum Gasteiger partial charge on any atom is -0.354 e. The van der Waals surface area contributed by atoms with Gasteiger partial charge in [-0.1, -0.05) is 25.7 Å². The predicted molar refractivity (Wildman–Crippen MR) is 56.9 cm³/mol. The summed E-state index contributed by atoms with van der Waals surface area (Å²) in [4.78, 5) is 11.0. The maximum absolute atomic E-state index is 11.0. The van der Waals surface area contributed by atoms with E-state index in [-0.39, 0.29) is 5.91 Å². The molecule has 2 aliphatic carbocycles. The van der Waals surface area contributed by atoms with Crippen molar-refractivity contribution < 1.29 is 4.79 Å². The van der Waals surface area contributed by atoms with Crippen LogP contribution in [-0.4, -0.2) is 11.9 Å². The van der Waals surface area contributed by atoms with Crippen LogP contribution >= 0.6 is 0 Å². The number of carbonyl (C=O) groups excluding carboxylic acids is 1. The number of carbonyl (C=O) groups is 1. The molecule has 2 aliphatic rings. The molecule has 0 aromatic carbocycles. The fourth-order valence-corrected chi connectivity index (χ4v) is 3.29. The third kappa shape index (κ3) is 2.28. The molecule has 0 bridgehead atoms. The minimum absolute atomic E-state index is 0.143. The summed E-state index contributed by atoms with van der Waals surface area (Å²) >= 11 is 0. The Morgan fingerprint density at radius 1 is 1.07 bits per heavy atom. The van der Waals surface area contributed by atoms with E-state index in [1.807, 2.05) is 0 Å². The van der Waals surface area contributed by atoms with Gasteiger partial charge in [0.2, 0.25) is 5.91 Å². The molecule has 1 N–H and O–H groups in total. The van der Waals surface area contributed by atoms with Gasteiger partial charge in [-0.2, -0.15) is 0 Å². The van der Waals surface area contributed by atoms with Crippen LogP contribution in [0.3, 0.4) is 0 Å². The van der Waals surface area contributed by atoms with Crippen molar-refractivity contribution in [2.24, 2.45) is 11.8 Å². The number of amides is 1. The lowest BCUT2D eigenvalue weighted by Crippen LogP contribution is -2.40. The van der Waals surface area contributed by atoms with E-state index < -0.39 is 0 Å². The van der Waals surface area contributed by atoms with Crippen LogP contribution < -0.4 is 5.32 Å². The molecule has 1 amide bonds. The summed E-state index contributed by atoms with van der Waals surface area (Å²) in [6.45, 7) is 1.63. The van der Waals surface area contributed by atoms with Gasteiger partial charge in [-0.3, -0.25) is 4.79 Å². The third-order valence-corrected chi connectivity index (χ3v) is 3.95. The summed E-state index contributed by atoms with van der Waals surface area (Å²) in [5.74, 6) is 2.03. The van der Waals surface area contributed by atoms with Gasteiger partial charge in [-0.05, 0) is 31.1 Å². The van der Waals surface area contributed by atoms with Crippen LogP contribution in [-0.2, 0) is 4.79 Å². The van der Waals surface area contributed by atoms with Gasteiger partial charge in [0.05, 0.1) is 0 Å². The topological polar surface area (TPSA) is 29.1 Å². The summed E-state index contributed by atoms with van der Waals surface area (Å²) in [7, 11) is 0. The van der Waals surface area contributed by atoms with Crippen molar-refractivity contribution in [1.29, 1.82) is 0 Å². The molecule has 80 valence electrons. The SMILES string of the molecule is CC(=O)NC1CCC2CCCCC2C1. The Morgan fingerprint density at radius 3 is 2.50 bits per heavy atom. The van der Waals surface area contributed by atoms with Gasteiger partial charge in [0.25, 0.3) is 0 Å². The molecule has 0 radical (unpaired) electrons. The van der Waals surface area contributed by atoms with E-state index in [0.29, 0.717) is 6.04 Å². The van der Waals surface area contributed by atoms with Gasteiger partial charge in [0, 0.05) is 13.0 Å². The number of nitrogens with one attached hydrogen (secondary N) is 1. The lowest BCUT2D eigenvalue weighted by atomic mass is 9.69. The molecule has 2 saturated carbocycles. The zero-order valence-electron chi connectivity index (χ0n) is 9.09. The fraction of sp³-hybridized carbons (Fsp3) is 0.917. The quantitative estimate of drug-likeness (QED) is 0.684. The van der Waals surface area contributed by atoms with Gasteiger partial charge >= 0.3 is 0 Å². The monoisotopic (exact) mass is 195 g/mol. The van der Waals surface area contributed by atoms with E-state index in [4.69, 9.17) is 0 Å². The van der Waals surface area contributed by atoms with Crippen LogP contribution in [0.2, 0.25) is 0 Å². The van der Waals surface area contributed by atoms with Crippen molar-refractivity contribution in [2.45, 2.75) is 57.9 Å². The Hall–Kier alpha value is -0.530. The molecule has 2 nitrogen and oxygen atoms in total. The molecular formula is C12H21NO. The van der Waals surface area contributed by atoms with Crippen LogP contribution in [0.5, 0.6) is 0 Å². The van der Waals surface area contributed by atoms with E-state index in [0.717, 1.165) is 11.8 Å². The van der Waals surface area contributed by atoms with Gasteiger partial charge in [-0.15, -0.1) is 0 Å². The normalized spacial score (nSPS) is 37.4. The maximum Gasteiger partial charge on any atom is 0.217 e. The van der Waals surface area contributed by atoms with Crippen LogP contribution in [0.4, 0.5) is 0 Å². The Bertz CT molecular complexity index is 214. The molecule has 0 aliphatic heterocycles. The fourth-order valence-electron chi connectivity index (χ4n) is 3.29. The highest BCUT2D eigenvalue weighted by atomic mass is 16.1. The Balaban J connectivity index is 1.86. The van der Waals surface area contributed by atoms with Crippen LogP contribution in [0.25, 0.3) is 0 Å². The zero-order chi connectivity index (χ0) is 9.97.